The summed E-state index contributed by atoms with van der Waals surface area (Å²) in [5, 5.41) is 3.44. The summed E-state index contributed by atoms with van der Waals surface area (Å²) in [6.07, 6.45) is 1.02. The second-order valence-electron chi connectivity index (χ2n) is 5.09. The van der Waals surface area contributed by atoms with Crippen LogP contribution in [0.3, 0.4) is 0 Å². The molecule has 1 aliphatic heterocycles. The zero-order valence-corrected chi connectivity index (χ0v) is 11.7. The molecule has 1 fully saturated rings. The number of ether oxygens (including phenoxy) is 1. The Bertz CT molecular complexity index is 417. The minimum atomic E-state index is -0.275. The highest BCUT2D eigenvalue weighted by atomic mass is 16.5. The van der Waals surface area contributed by atoms with E-state index in [0.29, 0.717) is 11.6 Å². The van der Waals surface area contributed by atoms with E-state index in [2.05, 4.69) is 21.9 Å². The first-order valence-electron chi connectivity index (χ1n) is 6.82. The fourth-order valence-electron chi connectivity index (χ4n) is 2.43. The summed E-state index contributed by atoms with van der Waals surface area (Å²) in [4.78, 5) is 13.8. The lowest BCUT2D eigenvalue weighted by Gasteiger charge is -2.31. The SMILES string of the molecule is COC(=O)c1ccc(CCN2CCNC(C)C2)cc1. The van der Waals surface area contributed by atoms with Gasteiger partial charge in [0.1, 0.15) is 0 Å². The lowest BCUT2D eigenvalue weighted by atomic mass is 10.1. The van der Waals surface area contributed by atoms with Crippen molar-refractivity contribution in [2.24, 2.45) is 0 Å². The molecule has 1 heterocycles. The number of benzene rings is 1. The molecule has 1 aromatic rings. The third-order valence-corrected chi connectivity index (χ3v) is 3.54. The van der Waals surface area contributed by atoms with Crippen molar-refractivity contribution in [3.63, 3.8) is 0 Å². The van der Waals surface area contributed by atoms with Gasteiger partial charge in [0.25, 0.3) is 0 Å². The van der Waals surface area contributed by atoms with Crippen LogP contribution in [-0.2, 0) is 11.2 Å². The number of piperazine rings is 1. The average molecular weight is 262 g/mol. The molecule has 4 nitrogen and oxygen atoms in total. The highest BCUT2D eigenvalue weighted by Gasteiger charge is 2.14. The molecule has 1 N–H and O–H groups in total. The van der Waals surface area contributed by atoms with Crippen molar-refractivity contribution < 1.29 is 9.53 Å². The van der Waals surface area contributed by atoms with E-state index in [1.54, 1.807) is 0 Å². The predicted octanol–water partition coefficient (Wildman–Crippen LogP) is 1.31. The third kappa shape index (κ3) is 4.04. The predicted molar refractivity (Wildman–Crippen MR) is 75.4 cm³/mol. The van der Waals surface area contributed by atoms with Gasteiger partial charge in [0.05, 0.1) is 12.7 Å². The van der Waals surface area contributed by atoms with Crippen molar-refractivity contribution in [1.82, 2.24) is 10.2 Å². The first-order valence-corrected chi connectivity index (χ1v) is 6.82. The number of nitrogens with zero attached hydrogens (tertiary/aromatic N) is 1. The van der Waals surface area contributed by atoms with E-state index >= 15 is 0 Å². The Morgan fingerprint density at radius 3 is 2.79 bits per heavy atom. The smallest absolute Gasteiger partial charge is 0.337 e. The summed E-state index contributed by atoms with van der Waals surface area (Å²) < 4.78 is 4.69. The summed E-state index contributed by atoms with van der Waals surface area (Å²) in [6.45, 7) is 6.59. The molecule has 0 bridgehead atoms. The Kier molecular flexibility index (Phi) is 4.93. The highest BCUT2D eigenvalue weighted by molar-refractivity contribution is 5.89. The molecular formula is C15H22N2O2. The lowest BCUT2D eigenvalue weighted by Crippen LogP contribution is -2.49. The molecule has 0 amide bonds. The van der Waals surface area contributed by atoms with Crippen molar-refractivity contribution in [2.45, 2.75) is 19.4 Å². The van der Waals surface area contributed by atoms with E-state index < -0.39 is 0 Å². The van der Waals surface area contributed by atoms with Crippen LogP contribution in [-0.4, -0.2) is 50.2 Å². The van der Waals surface area contributed by atoms with Crippen LogP contribution in [0.15, 0.2) is 24.3 Å². The largest absolute Gasteiger partial charge is 0.465 e. The van der Waals surface area contributed by atoms with Gasteiger partial charge in [0, 0.05) is 32.2 Å². The Balaban J connectivity index is 1.84. The van der Waals surface area contributed by atoms with Crippen molar-refractivity contribution in [1.29, 1.82) is 0 Å². The van der Waals surface area contributed by atoms with Crippen molar-refractivity contribution >= 4 is 5.97 Å². The average Bonchev–Trinajstić information content (AvgIpc) is 2.45. The number of esters is 1. The molecule has 104 valence electrons. The zero-order chi connectivity index (χ0) is 13.7. The van der Waals surface area contributed by atoms with Crippen LogP contribution in [0.1, 0.15) is 22.8 Å². The molecule has 1 saturated heterocycles. The Morgan fingerprint density at radius 1 is 1.42 bits per heavy atom. The molecule has 19 heavy (non-hydrogen) atoms. The summed E-state index contributed by atoms with van der Waals surface area (Å²) in [7, 11) is 1.40. The molecule has 1 unspecified atom stereocenters. The lowest BCUT2D eigenvalue weighted by molar-refractivity contribution is 0.0600. The molecule has 0 spiro atoms. The zero-order valence-electron chi connectivity index (χ0n) is 11.7. The summed E-state index contributed by atoms with van der Waals surface area (Å²) in [6, 6.07) is 8.27. The van der Waals surface area contributed by atoms with Gasteiger partial charge in [-0.3, -0.25) is 0 Å². The molecule has 1 aromatic carbocycles. The van der Waals surface area contributed by atoms with Crippen LogP contribution in [0.4, 0.5) is 0 Å². The molecule has 1 atom stereocenters. The van der Waals surface area contributed by atoms with E-state index in [-0.39, 0.29) is 5.97 Å². The maximum Gasteiger partial charge on any atom is 0.337 e. The number of hydrogen-bond acceptors (Lipinski definition) is 4. The maximum absolute atomic E-state index is 11.3. The Labute approximate surface area is 114 Å². The van der Waals surface area contributed by atoms with Gasteiger partial charge in [-0.1, -0.05) is 12.1 Å². The molecule has 2 rings (SSSR count). The summed E-state index contributed by atoms with van der Waals surface area (Å²) >= 11 is 0. The number of rotatable bonds is 4. The quantitative estimate of drug-likeness (QED) is 0.831. The van der Waals surface area contributed by atoms with E-state index in [1.165, 1.54) is 12.7 Å². The molecule has 1 aliphatic rings. The fraction of sp³-hybridized carbons (Fsp3) is 0.533. The number of carbonyl (C=O) groups excluding carboxylic acids is 1. The molecule has 0 radical (unpaired) electrons. The monoisotopic (exact) mass is 262 g/mol. The van der Waals surface area contributed by atoms with Crippen LogP contribution >= 0.6 is 0 Å². The van der Waals surface area contributed by atoms with E-state index in [1.807, 2.05) is 24.3 Å². The minimum absolute atomic E-state index is 0.275. The Hall–Kier alpha value is -1.39. The second-order valence-corrected chi connectivity index (χ2v) is 5.09. The van der Waals surface area contributed by atoms with Gasteiger partial charge in [0.2, 0.25) is 0 Å². The minimum Gasteiger partial charge on any atom is -0.465 e. The first-order chi connectivity index (χ1) is 9.19. The first kappa shape index (κ1) is 14.0. The van der Waals surface area contributed by atoms with E-state index in [9.17, 15) is 4.79 Å². The molecular weight excluding hydrogens is 240 g/mol. The van der Waals surface area contributed by atoms with Gasteiger partial charge in [-0.25, -0.2) is 4.79 Å². The summed E-state index contributed by atoms with van der Waals surface area (Å²) in [5.74, 6) is -0.275. The number of methoxy groups -OCH3 is 1. The van der Waals surface area contributed by atoms with Crippen LogP contribution in [0.5, 0.6) is 0 Å². The van der Waals surface area contributed by atoms with E-state index in [4.69, 9.17) is 0 Å². The number of hydrogen-bond donors (Lipinski definition) is 1. The van der Waals surface area contributed by atoms with Gasteiger partial charge in [-0.15, -0.1) is 0 Å². The second kappa shape index (κ2) is 6.68. The van der Waals surface area contributed by atoms with Crippen LogP contribution in [0.25, 0.3) is 0 Å². The topological polar surface area (TPSA) is 41.6 Å². The van der Waals surface area contributed by atoms with Crippen molar-refractivity contribution in [3.8, 4) is 0 Å². The highest BCUT2D eigenvalue weighted by Crippen LogP contribution is 2.08. The number of nitrogens with one attached hydrogen (secondary N) is 1. The fourth-order valence-corrected chi connectivity index (χ4v) is 2.43. The van der Waals surface area contributed by atoms with Crippen LogP contribution in [0, 0.1) is 0 Å². The van der Waals surface area contributed by atoms with E-state index in [0.717, 1.165) is 32.6 Å². The Morgan fingerprint density at radius 2 is 2.16 bits per heavy atom. The van der Waals surface area contributed by atoms with Crippen LogP contribution in [0.2, 0.25) is 0 Å². The van der Waals surface area contributed by atoms with Gasteiger partial charge in [-0.05, 0) is 31.0 Å². The summed E-state index contributed by atoms with van der Waals surface area (Å²) in [5.41, 5.74) is 1.88. The van der Waals surface area contributed by atoms with Crippen LogP contribution < -0.4 is 5.32 Å². The molecule has 4 heteroatoms. The van der Waals surface area contributed by atoms with Gasteiger partial charge in [-0.2, -0.15) is 0 Å². The third-order valence-electron chi connectivity index (χ3n) is 3.54. The van der Waals surface area contributed by atoms with Gasteiger partial charge < -0.3 is 15.0 Å². The molecule has 0 aliphatic carbocycles. The van der Waals surface area contributed by atoms with Crippen molar-refractivity contribution in [2.75, 3.05) is 33.3 Å². The standard InChI is InChI=1S/C15H22N2O2/c1-12-11-17(10-8-16-12)9-7-13-3-5-14(6-4-13)15(18)19-2/h3-6,12,16H,7-11H2,1-2H3. The van der Waals surface area contributed by atoms with Gasteiger partial charge in [0.15, 0.2) is 0 Å². The molecule has 0 aromatic heterocycles. The normalized spacial score (nSPS) is 20.2. The van der Waals surface area contributed by atoms with Gasteiger partial charge >= 0.3 is 5.97 Å². The van der Waals surface area contributed by atoms with Crippen molar-refractivity contribution in [3.05, 3.63) is 35.4 Å². The molecule has 0 saturated carbocycles. The maximum atomic E-state index is 11.3. The number of carbonyl (C=O) groups is 1.